The van der Waals surface area contributed by atoms with Gasteiger partial charge in [0.1, 0.15) is 0 Å². The van der Waals surface area contributed by atoms with Crippen LogP contribution in [-0.2, 0) is 0 Å². The predicted molar refractivity (Wildman–Crippen MR) is 82.7 cm³/mol. The molecule has 1 nitrogen and oxygen atoms in total. The van der Waals surface area contributed by atoms with Crippen LogP contribution in [0.3, 0.4) is 0 Å². The van der Waals surface area contributed by atoms with Crippen LogP contribution < -0.4 is 5.32 Å². The molecule has 0 radical (unpaired) electrons. The minimum Gasteiger partial charge on any atom is -0.385 e. The summed E-state index contributed by atoms with van der Waals surface area (Å²) >= 11 is 4.16. The summed E-state index contributed by atoms with van der Waals surface area (Å²) in [6, 6.07) is 0. The van der Waals surface area contributed by atoms with E-state index in [4.69, 9.17) is 0 Å². The highest BCUT2D eigenvalue weighted by Crippen LogP contribution is 2.40. The third-order valence-electron chi connectivity index (χ3n) is 4.33. The van der Waals surface area contributed by atoms with Gasteiger partial charge in [0.2, 0.25) is 0 Å². The van der Waals surface area contributed by atoms with Crippen molar-refractivity contribution in [2.75, 3.05) is 6.54 Å². The molecule has 0 aromatic heterocycles. The molecule has 1 N–H and O–H groups in total. The number of nitrogens with one attached hydrogen (secondary N) is 1. The molecule has 0 aromatic rings. The average molecular weight is 263 g/mol. The number of allylic oxidation sites excluding steroid dienone is 3. The zero-order valence-electron chi connectivity index (χ0n) is 11.6. The minimum absolute atomic E-state index is 0.350. The van der Waals surface area contributed by atoms with Crippen LogP contribution >= 0.6 is 12.6 Å². The van der Waals surface area contributed by atoms with Crippen molar-refractivity contribution >= 4 is 12.6 Å². The maximum atomic E-state index is 4.16. The van der Waals surface area contributed by atoms with Crippen molar-refractivity contribution in [3.05, 3.63) is 34.9 Å². The van der Waals surface area contributed by atoms with Gasteiger partial charge in [0, 0.05) is 18.2 Å². The van der Waals surface area contributed by atoms with E-state index < -0.39 is 0 Å². The third kappa shape index (κ3) is 3.23. The maximum Gasteiger partial charge on any atom is 0.0305 e. The first-order valence-corrected chi connectivity index (χ1v) is 7.59. The lowest BCUT2D eigenvalue weighted by molar-refractivity contribution is 0.247. The van der Waals surface area contributed by atoms with Crippen molar-refractivity contribution < 1.29 is 0 Å². The van der Waals surface area contributed by atoms with E-state index in [0.29, 0.717) is 11.3 Å². The Bertz CT molecular complexity index is 377. The first-order chi connectivity index (χ1) is 8.63. The summed E-state index contributed by atoms with van der Waals surface area (Å²) in [5.41, 5.74) is 3.25. The molecular formula is C16H25NS. The standard InChI is InChI=1S/C16H25NS/c1-16(2)10-8-14(9-11-18)17-12-15(16)13-6-4-3-5-7-13/h6,8-9,11,15,17-18H,3-5,7,10,12H2,1-2H3/b11-9-. The maximum absolute atomic E-state index is 4.16. The van der Waals surface area contributed by atoms with E-state index in [1.807, 2.05) is 5.41 Å². The fraction of sp³-hybridized carbons (Fsp3) is 0.625. The summed E-state index contributed by atoms with van der Waals surface area (Å²) in [6.45, 7) is 5.86. The van der Waals surface area contributed by atoms with E-state index >= 15 is 0 Å². The molecular weight excluding hydrogens is 238 g/mol. The fourth-order valence-electron chi connectivity index (χ4n) is 3.10. The van der Waals surface area contributed by atoms with Crippen molar-refractivity contribution in [1.82, 2.24) is 5.32 Å². The van der Waals surface area contributed by atoms with E-state index in [1.54, 1.807) is 5.57 Å². The monoisotopic (exact) mass is 263 g/mol. The number of hydrogen-bond donors (Lipinski definition) is 2. The molecule has 0 saturated carbocycles. The van der Waals surface area contributed by atoms with Gasteiger partial charge in [-0.05, 0) is 49.0 Å². The van der Waals surface area contributed by atoms with E-state index in [2.05, 4.69) is 50.0 Å². The van der Waals surface area contributed by atoms with E-state index in [9.17, 15) is 0 Å². The molecule has 1 heterocycles. The quantitative estimate of drug-likeness (QED) is 0.554. The van der Waals surface area contributed by atoms with Crippen LogP contribution in [0, 0.1) is 11.3 Å². The number of rotatable bonds is 2. The van der Waals surface area contributed by atoms with Gasteiger partial charge in [0.25, 0.3) is 0 Å². The lowest BCUT2D eigenvalue weighted by Crippen LogP contribution is -2.32. The van der Waals surface area contributed by atoms with Crippen LogP contribution in [0.4, 0.5) is 0 Å². The van der Waals surface area contributed by atoms with Crippen LogP contribution in [0.15, 0.2) is 34.9 Å². The van der Waals surface area contributed by atoms with Gasteiger partial charge in [-0.25, -0.2) is 0 Å². The Labute approximate surface area is 117 Å². The van der Waals surface area contributed by atoms with Gasteiger partial charge in [0.05, 0.1) is 0 Å². The topological polar surface area (TPSA) is 12.0 Å². The molecule has 2 heteroatoms. The molecule has 0 aromatic carbocycles. The summed E-state index contributed by atoms with van der Waals surface area (Å²) in [6.07, 6.45) is 13.3. The van der Waals surface area contributed by atoms with Crippen molar-refractivity contribution in [2.24, 2.45) is 11.3 Å². The van der Waals surface area contributed by atoms with E-state index in [-0.39, 0.29) is 0 Å². The highest BCUT2D eigenvalue weighted by atomic mass is 32.1. The zero-order chi connectivity index (χ0) is 13.0. The van der Waals surface area contributed by atoms with Crippen molar-refractivity contribution in [3.8, 4) is 0 Å². The molecule has 18 heavy (non-hydrogen) atoms. The molecule has 100 valence electrons. The Balaban J connectivity index is 2.15. The van der Waals surface area contributed by atoms with Gasteiger partial charge in [0.15, 0.2) is 0 Å². The van der Waals surface area contributed by atoms with Crippen molar-refractivity contribution in [2.45, 2.75) is 46.0 Å². The van der Waals surface area contributed by atoms with Gasteiger partial charge >= 0.3 is 0 Å². The summed E-state index contributed by atoms with van der Waals surface area (Å²) in [4.78, 5) is 0. The molecule has 1 atom stereocenters. The van der Waals surface area contributed by atoms with E-state index in [0.717, 1.165) is 13.0 Å². The highest BCUT2D eigenvalue weighted by Gasteiger charge is 2.33. The van der Waals surface area contributed by atoms with Crippen molar-refractivity contribution in [1.29, 1.82) is 0 Å². The predicted octanol–water partition coefficient (Wildman–Crippen LogP) is 4.45. The largest absolute Gasteiger partial charge is 0.385 e. The van der Waals surface area contributed by atoms with E-state index in [1.165, 1.54) is 31.4 Å². The normalized spacial score (nSPS) is 28.3. The SMILES string of the molecule is CC1(C)CC=C(/C=C\S)NCC1C1=CCCCC1. The summed E-state index contributed by atoms with van der Waals surface area (Å²) in [5, 5.41) is 5.38. The smallest absolute Gasteiger partial charge is 0.0305 e. The van der Waals surface area contributed by atoms with Crippen LogP contribution in [-0.4, -0.2) is 6.54 Å². The summed E-state index contributed by atoms with van der Waals surface area (Å²) < 4.78 is 0. The molecule has 0 amide bonds. The summed E-state index contributed by atoms with van der Waals surface area (Å²) in [7, 11) is 0. The molecule has 0 spiro atoms. The first kappa shape index (κ1) is 13.8. The third-order valence-corrected chi connectivity index (χ3v) is 4.48. The second-order valence-corrected chi connectivity index (χ2v) is 6.42. The average Bonchev–Trinajstić information content (AvgIpc) is 2.51. The van der Waals surface area contributed by atoms with Gasteiger partial charge in [-0.1, -0.05) is 31.6 Å². The molecule has 1 aliphatic carbocycles. The van der Waals surface area contributed by atoms with Crippen molar-refractivity contribution in [3.63, 3.8) is 0 Å². The van der Waals surface area contributed by atoms with Crippen LogP contribution in [0.2, 0.25) is 0 Å². The second kappa shape index (κ2) is 6.01. The summed E-state index contributed by atoms with van der Waals surface area (Å²) in [5.74, 6) is 0.667. The number of thiol groups is 1. The molecule has 1 unspecified atom stereocenters. The molecule has 2 aliphatic rings. The minimum atomic E-state index is 0.350. The Morgan fingerprint density at radius 3 is 2.83 bits per heavy atom. The second-order valence-electron chi connectivity index (χ2n) is 6.13. The lowest BCUT2D eigenvalue weighted by atomic mass is 9.70. The Morgan fingerprint density at radius 2 is 2.17 bits per heavy atom. The zero-order valence-corrected chi connectivity index (χ0v) is 12.5. The van der Waals surface area contributed by atoms with Gasteiger partial charge < -0.3 is 5.32 Å². The van der Waals surface area contributed by atoms with Crippen LogP contribution in [0.1, 0.15) is 46.0 Å². The number of hydrogen-bond acceptors (Lipinski definition) is 2. The van der Waals surface area contributed by atoms with Gasteiger partial charge in [-0.2, -0.15) is 12.6 Å². The first-order valence-electron chi connectivity index (χ1n) is 7.07. The van der Waals surface area contributed by atoms with Gasteiger partial charge in [-0.3, -0.25) is 0 Å². The lowest BCUT2D eigenvalue weighted by Gasteiger charge is -2.35. The molecule has 2 rings (SSSR count). The Hall–Kier alpha value is -0.630. The fourth-order valence-corrected chi connectivity index (χ4v) is 3.26. The van der Waals surface area contributed by atoms with Gasteiger partial charge in [-0.15, -0.1) is 0 Å². The van der Waals surface area contributed by atoms with Crippen LogP contribution in [0.5, 0.6) is 0 Å². The Kier molecular flexibility index (Phi) is 4.60. The molecule has 0 saturated heterocycles. The molecule has 0 bridgehead atoms. The Morgan fingerprint density at radius 1 is 1.33 bits per heavy atom. The molecule has 0 fully saturated rings. The molecule has 1 aliphatic heterocycles. The van der Waals surface area contributed by atoms with Crippen LogP contribution in [0.25, 0.3) is 0 Å². The highest BCUT2D eigenvalue weighted by molar-refractivity contribution is 7.83.